The molecule has 0 atom stereocenters. The number of nitrogens with one attached hydrogen (secondary N) is 2. The van der Waals surface area contributed by atoms with E-state index in [0.29, 0.717) is 0 Å². The molecular formula is C10H12N4O4S. The summed E-state index contributed by atoms with van der Waals surface area (Å²) in [5.74, 6) is -0.208. The molecule has 1 aromatic carbocycles. The summed E-state index contributed by atoms with van der Waals surface area (Å²) in [6.07, 6.45) is 0. The first-order valence-corrected chi connectivity index (χ1v) is 6.88. The minimum Gasteiger partial charge on any atom is -0.378 e. The van der Waals surface area contributed by atoms with Crippen molar-refractivity contribution in [3.8, 4) is 6.07 Å². The molecule has 0 fully saturated rings. The topological polar surface area (TPSA) is 125 Å². The molecule has 0 radical (unpaired) electrons. The lowest BCUT2D eigenvalue weighted by Gasteiger charge is -2.07. The van der Waals surface area contributed by atoms with Crippen molar-refractivity contribution in [2.45, 2.75) is 0 Å². The zero-order valence-corrected chi connectivity index (χ0v) is 10.9. The van der Waals surface area contributed by atoms with Crippen LogP contribution in [-0.2, 0) is 10.0 Å². The van der Waals surface area contributed by atoms with Crippen LogP contribution in [0.1, 0.15) is 5.56 Å². The molecule has 0 amide bonds. The second-order valence-electron chi connectivity index (χ2n) is 3.55. The Labute approximate surface area is 110 Å². The molecule has 0 saturated heterocycles. The average Bonchev–Trinajstić information content (AvgIpc) is 2.38. The average molecular weight is 284 g/mol. The molecule has 102 valence electrons. The third kappa shape index (κ3) is 4.20. The Bertz CT molecular complexity index is 621. The van der Waals surface area contributed by atoms with Crippen LogP contribution in [0.15, 0.2) is 18.2 Å². The highest BCUT2D eigenvalue weighted by Crippen LogP contribution is 2.25. The predicted octanol–water partition coefficient (Wildman–Crippen LogP) is 0.428. The molecule has 9 heteroatoms. The van der Waals surface area contributed by atoms with E-state index in [4.69, 9.17) is 5.26 Å². The molecule has 2 N–H and O–H groups in total. The molecule has 0 aliphatic carbocycles. The number of nitro groups is 1. The van der Waals surface area contributed by atoms with E-state index in [0.717, 1.165) is 6.07 Å². The van der Waals surface area contributed by atoms with Crippen molar-refractivity contribution in [3.63, 3.8) is 0 Å². The fourth-order valence-corrected chi connectivity index (χ4v) is 1.90. The number of rotatable bonds is 6. The van der Waals surface area contributed by atoms with Crippen LogP contribution < -0.4 is 10.0 Å². The summed E-state index contributed by atoms with van der Waals surface area (Å²) in [6, 6.07) is 5.73. The molecule has 0 aliphatic heterocycles. The first-order valence-electron chi connectivity index (χ1n) is 5.23. The van der Waals surface area contributed by atoms with Crippen molar-refractivity contribution in [1.82, 2.24) is 4.72 Å². The summed E-state index contributed by atoms with van der Waals surface area (Å²) in [4.78, 5) is 10.2. The van der Waals surface area contributed by atoms with Crippen molar-refractivity contribution in [2.75, 3.05) is 24.7 Å². The summed E-state index contributed by atoms with van der Waals surface area (Å²) in [6.45, 7) is 0.0237. The van der Waals surface area contributed by atoms with E-state index in [1.165, 1.54) is 19.2 Å². The summed E-state index contributed by atoms with van der Waals surface area (Å²) in [5.41, 5.74) is 0.0799. The molecule has 0 unspecified atom stereocenters. The number of hydrogen-bond acceptors (Lipinski definition) is 6. The van der Waals surface area contributed by atoms with Crippen molar-refractivity contribution in [3.05, 3.63) is 33.9 Å². The SMILES string of the molecule is CNS(=O)(=O)CCNc1ccc(C#N)cc1[N+](=O)[O-]. The van der Waals surface area contributed by atoms with E-state index in [1.807, 2.05) is 0 Å². The van der Waals surface area contributed by atoms with Gasteiger partial charge in [0.25, 0.3) is 5.69 Å². The summed E-state index contributed by atoms with van der Waals surface area (Å²) in [5, 5.41) is 22.2. The van der Waals surface area contributed by atoms with Crippen LogP contribution in [0, 0.1) is 21.4 Å². The van der Waals surface area contributed by atoms with Crippen molar-refractivity contribution < 1.29 is 13.3 Å². The largest absolute Gasteiger partial charge is 0.378 e. The van der Waals surface area contributed by atoms with Gasteiger partial charge in [-0.2, -0.15) is 5.26 Å². The normalized spacial score (nSPS) is 10.7. The minimum atomic E-state index is -3.37. The van der Waals surface area contributed by atoms with Gasteiger partial charge < -0.3 is 5.32 Å². The van der Waals surface area contributed by atoms with Crippen LogP contribution in [0.5, 0.6) is 0 Å². The number of nitro benzene ring substituents is 1. The predicted molar refractivity (Wildman–Crippen MR) is 69.1 cm³/mol. The monoisotopic (exact) mass is 284 g/mol. The molecule has 0 aromatic heterocycles. The highest BCUT2D eigenvalue weighted by molar-refractivity contribution is 7.89. The van der Waals surface area contributed by atoms with Gasteiger partial charge in [-0.25, -0.2) is 13.1 Å². The molecule has 1 aromatic rings. The van der Waals surface area contributed by atoms with Crippen LogP contribution in [0.25, 0.3) is 0 Å². The van der Waals surface area contributed by atoms with E-state index in [1.54, 1.807) is 6.07 Å². The summed E-state index contributed by atoms with van der Waals surface area (Å²) in [7, 11) is -2.08. The molecule has 1 rings (SSSR count). The Morgan fingerprint density at radius 3 is 2.68 bits per heavy atom. The number of hydrogen-bond donors (Lipinski definition) is 2. The highest BCUT2D eigenvalue weighted by Gasteiger charge is 2.15. The standard InChI is InChI=1S/C10H12N4O4S/c1-12-19(17,18)5-4-13-9-3-2-8(7-11)6-10(9)14(15)16/h2-3,6,12-13H,4-5H2,1H3. The Kier molecular flexibility index (Phi) is 4.80. The van der Waals surface area contributed by atoms with Crippen molar-refractivity contribution in [1.29, 1.82) is 5.26 Å². The van der Waals surface area contributed by atoms with Gasteiger partial charge in [0.2, 0.25) is 10.0 Å². The second kappa shape index (κ2) is 6.12. The van der Waals surface area contributed by atoms with Crippen LogP contribution >= 0.6 is 0 Å². The maximum absolute atomic E-state index is 11.2. The fourth-order valence-electron chi connectivity index (χ4n) is 1.32. The van der Waals surface area contributed by atoms with E-state index >= 15 is 0 Å². The first-order chi connectivity index (χ1) is 8.89. The molecule has 8 nitrogen and oxygen atoms in total. The highest BCUT2D eigenvalue weighted by atomic mass is 32.2. The van der Waals surface area contributed by atoms with Gasteiger partial charge >= 0.3 is 0 Å². The Morgan fingerprint density at radius 2 is 2.16 bits per heavy atom. The van der Waals surface area contributed by atoms with Crippen LogP contribution in [0.2, 0.25) is 0 Å². The zero-order chi connectivity index (χ0) is 14.5. The maximum atomic E-state index is 11.2. The maximum Gasteiger partial charge on any atom is 0.293 e. The van der Waals surface area contributed by atoms with Gasteiger partial charge in [-0.15, -0.1) is 0 Å². The van der Waals surface area contributed by atoms with Gasteiger partial charge in [-0.05, 0) is 19.2 Å². The molecule has 19 heavy (non-hydrogen) atoms. The quantitative estimate of drug-likeness (QED) is 0.576. The fraction of sp³-hybridized carbons (Fsp3) is 0.300. The van der Waals surface area contributed by atoms with Gasteiger partial charge in [0.05, 0.1) is 22.3 Å². The van der Waals surface area contributed by atoms with Gasteiger partial charge in [-0.1, -0.05) is 0 Å². The molecule has 0 heterocycles. The van der Waals surface area contributed by atoms with E-state index in [2.05, 4.69) is 10.0 Å². The Hall–Kier alpha value is -2.18. The Balaban J connectivity index is 2.85. The molecule has 0 bridgehead atoms. The van der Waals surface area contributed by atoms with E-state index < -0.39 is 14.9 Å². The third-order valence-electron chi connectivity index (χ3n) is 2.32. The number of nitrogens with zero attached hydrogens (tertiary/aromatic N) is 2. The van der Waals surface area contributed by atoms with Gasteiger partial charge in [-0.3, -0.25) is 10.1 Å². The van der Waals surface area contributed by atoms with E-state index in [9.17, 15) is 18.5 Å². The lowest BCUT2D eigenvalue weighted by molar-refractivity contribution is -0.384. The zero-order valence-electron chi connectivity index (χ0n) is 10.1. The number of anilines is 1. The van der Waals surface area contributed by atoms with Crippen LogP contribution in [0.4, 0.5) is 11.4 Å². The molecule has 0 spiro atoms. The third-order valence-corrected chi connectivity index (χ3v) is 3.68. The van der Waals surface area contributed by atoms with Gasteiger partial charge in [0.15, 0.2) is 0 Å². The number of sulfonamides is 1. The van der Waals surface area contributed by atoms with Crippen LogP contribution in [0.3, 0.4) is 0 Å². The molecule has 0 aliphatic rings. The number of nitriles is 1. The van der Waals surface area contributed by atoms with Crippen molar-refractivity contribution in [2.24, 2.45) is 0 Å². The smallest absolute Gasteiger partial charge is 0.293 e. The van der Waals surface area contributed by atoms with Gasteiger partial charge in [0, 0.05) is 12.6 Å². The lowest BCUT2D eigenvalue weighted by Crippen LogP contribution is -2.26. The van der Waals surface area contributed by atoms with E-state index in [-0.39, 0.29) is 29.2 Å². The minimum absolute atomic E-state index is 0.0237. The summed E-state index contributed by atoms with van der Waals surface area (Å²) >= 11 is 0. The molecule has 0 saturated carbocycles. The van der Waals surface area contributed by atoms with Gasteiger partial charge in [0.1, 0.15) is 5.69 Å². The molecular weight excluding hydrogens is 272 g/mol. The van der Waals surface area contributed by atoms with Crippen LogP contribution in [-0.4, -0.2) is 32.7 Å². The Morgan fingerprint density at radius 1 is 1.47 bits per heavy atom. The summed E-state index contributed by atoms with van der Waals surface area (Å²) < 4.78 is 24.5. The number of benzene rings is 1. The first kappa shape index (κ1) is 14.9. The lowest BCUT2D eigenvalue weighted by atomic mass is 10.2. The van der Waals surface area contributed by atoms with Crippen molar-refractivity contribution >= 4 is 21.4 Å². The second-order valence-corrected chi connectivity index (χ2v) is 5.60.